The number of hydrogen-bond donors (Lipinski definition) is 0. The maximum atomic E-state index is 11.5. The maximum absolute atomic E-state index is 11.5. The summed E-state index contributed by atoms with van der Waals surface area (Å²) in [6.45, 7) is 3.49. The van der Waals surface area contributed by atoms with Crippen LogP contribution in [0, 0.1) is 5.92 Å². The molecule has 0 aromatic carbocycles. The Balaban J connectivity index is 2.34. The fourth-order valence-electron chi connectivity index (χ4n) is 1.55. The van der Waals surface area contributed by atoms with E-state index in [1.807, 2.05) is 11.8 Å². The predicted molar refractivity (Wildman–Crippen MR) is 45.1 cm³/mol. The highest BCUT2D eigenvalue weighted by molar-refractivity contribution is 5.78. The number of rotatable bonds is 3. The molecule has 1 aliphatic heterocycles. The predicted octanol–water partition coefficient (Wildman–Crippen LogP) is 1.07. The summed E-state index contributed by atoms with van der Waals surface area (Å²) in [5.41, 5.74) is 0. The van der Waals surface area contributed by atoms with Gasteiger partial charge in [-0.15, -0.1) is 0 Å². The summed E-state index contributed by atoms with van der Waals surface area (Å²) in [5.74, 6) is 0.101. The smallest absolute Gasteiger partial charge is 0.225 e. The monoisotopic (exact) mass is 170 g/mol. The summed E-state index contributed by atoms with van der Waals surface area (Å²) in [5, 5.41) is 10.3. The zero-order valence-electron chi connectivity index (χ0n) is 7.58. The zero-order chi connectivity index (χ0) is 8.97. The van der Waals surface area contributed by atoms with Crippen molar-refractivity contribution < 1.29 is 9.90 Å². The lowest BCUT2D eigenvalue weighted by molar-refractivity contribution is -0.134. The zero-order valence-corrected chi connectivity index (χ0v) is 7.58. The number of nitrogens with zero attached hydrogens (tertiary/aromatic N) is 1. The van der Waals surface area contributed by atoms with Crippen molar-refractivity contribution in [2.45, 2.75) is 26.2 Å². The minimum atomic E-state index is -0.138. The fraction of sp³-hybridized carbons (Fsp3) is 0.889. The van der Waals surface area contributed by atoms with Gasteiger partial charge in [-0.3, -0.25) is 4.79 Å². The Morgan fingerprint density at radius 1 is 1.42 bits per heavy atom. The third-order valence-electron chi connectivity index (χ3n) is 2.39. The number of carbonyl (C=O) groups is 1. The number of likely N-dealkylation sites (tertiary alicyclic amines) is 1. The molecule has 1 amide bonds. The lowest BCUT2D eigenvalue weighted by Crippen LogP contribution is -2.32. The molecule has 12 heavy (non-hydrogen) atoms. The molecule has 0 saturated carbocycles. The molecule has 1 aliphatic rings. The minimum Gasteiger partial charge on any atom is -0.342 e. The van der Waals surface area contributed by atoms with E-state index >= 15 is 0 Å². The van der Waals surface area contributed by atoms with Crippen LogP contribution in [0.2, 0.25) is 0 Å². The van der Waals surface area contributed by atoms with Crippen LogP contribution in [0.5, 0.6) is 0 Å². The molecule has 0 spiro atoms. The third kappa shape index (κ3) is 2.21. The third-order valence-corrected chi connectivity index (χ3v) is 2.39. The first-order valence-electron chi connectivity index (χ1n) is 4.62. The van der Waals surface area contributed by atoms with Gasteiger partial charge >= 0.3 is 0 Å². The van der Waals surface area contributed by atoms with Gasteiger partial charge in [-0.25, -0.2) is 5.11 Å². The fourth-order valence-corrected chi connectivity index (χ4v) is 1.55. The molecule has 69 valence electrons. The van der Waals surface area contributed by atoms with Crippen LogP contribution in [0.4, 0.5) is 0 Å². The summed E-state index contributed by atoms with van der Waals surface area (Å²) >= 11 is 0. The number of hydrogen-bond acceptors (Lipinski definition) is 1. The highest BCUT2D eigenvalue weighted by atomic mass is 16.3. The van der Waals surface area contributed by atoms with Gasteiger partial charge in [-0.2, -0.15) is 0 Å². The van der Waals surface area contributed by atoms with Gasteiger partial charge in [0.15, 0.2) is 0 Å². The lowest BCUT2D eigenvalue weighted by atomic mass is 10.1. The SMILES string of the molecule is CC(CC[O])C(=O)N1CCCC1. The van der Waals surface area contributed by atoms with Gasteiger partial charge in [0.25, 0.3) is 0 Å². The summed E-state index contributed by atoms with van der Waals surface area (Å²) in [6.07, 6.45) is 2.72. The molecule has 1 unspecified atom stereocenters. The molecule has 0 aromatic heterocycles. The van der Waals surface area contributed by atoms with Crippen molar-refractivity contribution in [1.29, 1.82) is 0 Å². The first-order valence-corrected chi connectivity index (χ1v) is 4.62. The summed E-state index contributed by atoms with van der Waals surface area (Å²) < 4.78 is 0. The van der Waals surface area contributed by atoms with E-state index in [-0.39, 0.29) is 18.4 Å². The Hall–Kier alpha value is -0.570. The molecule has 1 atom stereocenters. The molecular weight excluding hydrogens is 154 g/mol. The van der Waals surface area contributed by atoms with Crippen LogP contribution < -0.4 is 0 Å². The van der Waals surface area contributed by atoms with Crippen LogP contribution >= 0.6 is 0 Å². The van der Waals surface area contributed by atoms with Crippen LogP contribution in [0.3, 0.4) is 0 Å². The van der Waals surface area contributed by atoms with E-state index in [0.29, 0.717) is 6.42 Å². The normalized spacial score (nSPS) is 19.7. The second-order valence-electron chi connectivity index (χ2n) is 3.43. The van der Waals surface area contributed by atoms with Crippen molar-refractivity contribution in [2.24, 2.45) is 5.92 Å². The van der Waals surface area contributed by atoms with Gasteiger partial charge in [0, 0.05) is 19.0 Å². The Bertz CT molecular complexity index is 153. The summed E-state index contributed by atoms with van der Waals surface area (Å²) in [4.78, 5) is 13.4. The van der Waals surface area contributed by atoms with Gasteiger partial charge < -0.3 is 4.90 Å². The topological polar surface area (TPSA) is 40.2 Å². The molecule has 1 heterocycles. The van der Waals surface area contributed by atoms with Crippen LogP contribution in [-0.4, -0.2) is 30.5 Å². The van der Waals surface area contributed by atoms with Crippen molar-refractivity contribution in [3.8, 4) is 0 Å². The average Bonchev–Trinajstić information content (AvgIpc) is 2.55. The Morgan fingerprint density at radius 2 is 2.00 bits per heavy atom. The van der Waals surface area contributed by atoms with E-state index in [0.717, 1.165) is 25.9 Å². The Kier molecular flexibility index (Phi) is 3.53. The van der Waals surface area contributed by atoms with Crippen LogP contribution in [0.25, 0.3) is 0 Å². The molecule has 0 bridgehead atoms. The Labute approximate surface area is 73.4 Å². The largest absolute Gasteiger partial charge is 0.342 e. The van der Waals surface area contributed by atoms with Gasteiger partial charge in [0.05, 0.1) is 6.61 Å². The van der Waals surface area contributed by atoms with E-state index in [1.54, 1.807) is 0 Å². The molecule has 1 saturated heterocycles. The van der Waals surface area contributed by atoms with Crippen molar-refractivity contribution in [3.05, 3.63) is 0 Å². The molecule has 3 nitrogen and oxygen atoms in total. The van der Waals surface area contributed by atoms with Crippen molar-refractivity contribution >= 4 is 5.91 Å². The molecule has 1 radical (unpaired) electrons. The van der Waals surface area contributed by atoms with Crippen LogP contribution in [-0.2, 0) is 9.90 Å². The Morgan fingerprint density at radius 3 is 2.50 bits per heavy atom. The van der Waals surface area contributed by atoms with Gasteiger partial charge in [-0.05, 0) is 19.3 Å². The molecule has 0 N–H and O–H groups in total. The van der Waals surface area contributed by atoms with E-state index in [4.69, 9.17) is 0 Å². The highest BCUT2D eigenvalue weighted by Crippen LogP contribution is 2.13. The molecule has 1 rings (SSSR count). The first kappa shape index (κ1) is 9.52. The molecular formula is C9H16NO2. The molecule has 1 fully saturated rings. The maximum Gasteiger partial charge on any atom is 0.225 e. The van der Waals surface area contributed by atoms with Gasteiger partial charge in [0.2, 0.25) is 5.91 Å². The van der Waals surface area contributed by atoms with Crippen molar-refractivity contribution in [3.63, 3.8) is 0 Å². The minimum absolute atomic E-state index is 0.0689. The standard InChI is InChI=1S/C9H16NO2/c1-8(4-7-11)9(12)10-5-2-3-6-10/h8H,2-7H2,1H3. The van der Waals surface area contributed by atoms with Crippen LogP contribution in [0.1, 0.15) is 26.2 Å². The van der Waals surface area contributed by atoms with Gasteiger partial charge in [-0.1, -0.05) is 6.92 Å². The lowest BCUT2D eigenvalue weighted by Gasteiger charge is -2.19. The second-order valence-corrected chi connectivity index (χ2v) is 3.43. The average molecular weight is 170 g/mol. The summed E-state index contributed by atoms with van der Waals surface area (Å²) in [6, 6.07) is 0. The quantitative estimate of drug-likeness (QED) is 0.624. The van der Waals surface area contributed by atoms with Crippen molar-refractivity contribution in [2.75, 3.05) is 19.7 Å². The van der Waals surface area contributed by atoms with E-state index < -0.39 is 0 Å². The molecule has 0 aromatic rings. The van der Waals surface area contributed by atoms with Crippen LogP contribution in [0.15, 0.2) is 0 Å². The highest BCUT2D eigenvalue weighted by Gasteiger charge is 2.22. The number of carbonyl (C=O) groups excluding carboxylic acids is 1. The van der Waals surface area contributed by atoms with Gasteiger partial charge in [0.1, 0.15) is 0 Å². The molecule has 3 heteroatoms. The van der Waals surface area contributed by atoms with E-state index in [9.17, 15) is 9.90 Å². The molecule has 0 aliphatic carbocycles. The van der Waals surface area contributed by atoms with Crippen molar-refractivity contribution in [1.82, 2.24) is 4.90 Å². The second kappa shape index (κ2) is 4.45. The summed E-state index contributed by atoms with van der Waals surface area (Å²) in [7, 11) is 0. The van der Waals surface area contributed by atoms with E-state index in [2.05, 4.69) is 0 Å². The van der Waals surface area contributed by atoms with E-state index in [1.165, 1.54) is 0 Å². The first-order chi connectivity index (χ1) is 5.75. The number of amides is 1.